The van der Waals surface area contributed by atoms with Gasteiger partial charge in [0.1, 0.15) is 12.1 Å². The number of halogens is 1. The van der Waals surface area contributed by atoms with Crippen LogP contribution in [0.15, 0.2) is 30.6 Å². The first-order valence-electron chi connectivity index (χ1n) is 6.31. The van der Waals surface area contributed by atoms with Crippen molar-refractivity contribution in [3.63, 3.8) is 0 Å². The lowest BCUT2D eigenvalue weighted by Crippen LogP contribution is -2.19. The van der Waals surface area contributed by atoms with Crippen molar-refractivity contribution < 1.29 is 9.13 Å². The van der Waals surface area contributed by atoms with Crippen molar-refractivity contribution in [3.8, 4) is 5.75 Å². The van der Waals surface area contributed by atoms with Crippen LogP contribution in [0.5, 0.6) is 5.75 Å². The predicted octanol–water partition coefficient (Wildman–Crippen LogP) is 2.82. The Morgan fingerprint density at radius 2 is 1.95 bits per heavy atom. The smallest absolute Gasteiger partial charge is 0.204 e. The van der Waals surface area contributed by atoms with Crippen LogP contribution in [-0.4, -0.2) is 30.7 Å². The van der Waals surface area contributed by atoms with Gasteiger partial charge in [-0.3, -0.25) is 0 Å². The van der Waals surface area contributed by atoms with Gasteiger partial charge in [-0.2, -0.15) is 0 Å². The SMILES string of the molecule is CCN(c1ccc(F)cc1)c1ncnc(NC)c1OC. The summed E-state index contributed by atoms with van der Waals surface area (Å²) in [6.07, 6.45) is 1.47. The van der Waals surface area contributed by atoms with Crippen LogP contribution in [0.4, 0.5) is 21.7 Å². The first-order chi connectivity index (χ1) is 9.71. The van der Waals surface area contributed by atoms with Gasteiger partial charge in [0.2, 0.25) is 5.75 Å². The third-order valence-corrected chi connectivity index (χ3v) is 2.94. The van der Waals surface area contributed by atoms with E-state index in [0.717, 1.165) is 5.69 Å². The quantitative estimate of drug-likeness (QED) is 0.910. The zero-order valence-corrected chi connectivity index (χ0v) is 11.7. The lowest BCUT2D eigenvalue weighted by molar-refractivity contribution is 0.413. The summed E-state index contributed by atoms with van der Waals surface area (Å²) >= 11 is 0. The van der Waals surface area contributed by atoms with Crippen LogP contribution >= 0.6 is 0 Å². The molecule has 0 aliphatic carbocycles. The highest BCUT2D eigenvalue weighted by Crippen LogP contribution is 2.35. The van der Waals surface area contributed by atoms with E-state index in [1.54, 1.807) is 26.3 Å². The summed E-state index contributed by atoms with van der Waals surface area (Å²) < 4.78 is 18.4. The van der Waals surface area contributed by atoms with Crippen LogP contribution in [0, 0.1) is 5.82 Å². The van der Waals surface area contributed by atoms with Crippen molar-refractivity contribution in [2.75, 3.05) is 30.9 Å². The number of ether oxygens (including phenoxy) is 1. The summed E-state index contributed by atoms with van der Waals surface area (Å²) in [4.78, 5) is 10.3. The van der Waals surface area contributed by atoms with Crippen LogP contribution in [0.2, 0.25) is 0 Å². The summed E-state index contributed by atoms with van der Waals surface area (Å²) in [5.41, 5.74) is 0.841. The zero-order chi connectivity index (χ0) is 14.5. The molecule has 106 valence electrons. The first-order valence-corrected chi connectivity index (χ1v) is 6.31. The van der Waals surface area contributed by atoms with Gasteiger partial charge < -0.3 is 15.0 Å². The molecule has 6 heteroatoms. The number of benzene rings is 1. The maximum absolute atomic E-state index is 13.0. The fraction of sp³-hybridized carbons (Fsp3) is 0.286. The molecule has 1 aromatic carbocycles. The van der Waals surface area contributed by atoms with Gasteiger partial charge >= 0.3 is 0 Å². The zero-order valence-electron chi connectivity index (χ0n) is 11.7. The van der Waals surface area contributed by atoms with E-state index in [1.165, 1.54) is 18.5 Å². The minimum atomic E-state index is -0.268. The predicted molar refractivity (Wildman–Crippen MR) is 77.2 cm³/mol. The van der Waals surface area contributed by atoms with Crippen molar-refractivity contribution in [3.05, 3.63) is 36.4 Å². The van der Waals surface area contributed by atoms with Crippen LogP contribution < -0.4 is 15.0 Å². The van der Waals surface area contributed by atoms with Crippen LogP contribution in [0.25, 0.3) is 0 Å². The number of nitrogens with one attached hydrogen (secondary N) is 1. The van der Waals surface area contributed by atoms with Gasteiger partial charge in [0.05, 0.1) is 7.11 Å². The third-order valence-electron chi connectivity index (χ3n) is 2.94. The van der Waals surface area contributed by atoms with Gasteiger partial charge in [-0.05, 0) is 31.2 Å². The molecule has 0 saturated heterocycles. The summed E-state index contributed by atoms with van der Waals surface area (Å²) in [5, 5.41) is 2.96. The summed E-state index contributed by atoms with van der Waals surface area (Å²) in [7, 11) is 3.34. The molecule has 0 bridgehead atoms. The van der Waals surface area contributed by atoms with Gasteiger partial charge in [-0.25, -0.2) is 14.4 Å². The van der Waals surface area contributed by atoms with E-state index in [9.17, 15) is 4.39 Å². The van der Waals surface area contributed by atoms with Gasteiger partial charge in [-0.1, -0.05) is 0 Å². The van der Waals surface area contributed by atoms with Crippen molar-refractivity contribution in [2.24, 2.45) is 0 Å². The normalized spacial score (nSPS) is 10.2. The van der Waals surface area contributed by atoms with E-state index in [1.807, 2.05) is 11.8 Å². The number of hydrogen-bond acceptors (Lipinski definition) is 5. The first kappa shape index (κ1) is 14.0. The molecule has 0 spiro atoms. The van der Waals surface area contributed by atoms with Gasteiger partial charge in [0.25, 0.3) is 0 Å². The second-order valence-corrected chi connectivity index (χ2v) is 4.05. The maximum Gasteiger partial charge on any atom is 0.204 e. The number of rotatable bonds is 5. The molecular weight excluding hydrogens is 259 g/mol. The minimum absolute atomic E-state index is 0.268. The molecule has 1 heterocycles. The highest BCUT2D eigenvalue weighted by atomic mass is 19.1. The van der Waals surface area contributed by atoms with Crippen molar-refractivity contribution >= 4 is 17.3 Å². The van der Waals surface area contributed by atoms with E-state index in [0.29, 0.717) is 23.9 Å². The molecule has 0 aliphatic rings. The number of methoxy groups -OCH3 is 1. The van der Waals surface area contributed by atoms with Crippen molar-refractivity contribution in [1.82, 2.24) is 9.97 Å². The molecule has 0 fully saturated rings. The number of hydrogen-bond donors (Lipinski definition) is 1. The highest BCUT2D eigenvalue weighted by molar-refractivity contribution is 5.71. The lowest BCUT2D eigenvalue weighted by atomic mass is 10.2. The van der Waals surface area contributed by atoms with E-state index >= 15 is 0 Å². The molecule has 5 nitrogen and oxygen atoms in total. The largest absolute Gasteiger partial charge is 0.490 e. The van der Waals surface area contributed by atoms with E-state index in [2.05, 4.69) is 15.3 Å². The molecule has 1 N–H and O–H groups in total. The summed E-state index contributed by atoms with van der Waals surface area (Å²) in [6, 6.07) is 6.26. The molecule has 0 atom stereocenters. The van der Waals surface area contributed by atoms with Gasteiger partial charge in [-0.15, -0.1) is 0 Å². The molecule has 0 saturated carbocycles. The molecule has 0 unspecified atom stereocenters. The second kappa shape index (κ2) is 6.18. The number of nitrogens with zero attached hydrogens (tertiary/aromatic N) is 3. The van der Waals surface area contributed by atoms with Crippen LogP contribution in [-0.2, 0) is 0 Å². The molecule has 2 rings (SSSR count). The Kier molecular flexibility index (Phi) is 4.34. The minimum Gasteiger partial charge on any atom is -0.490 e. The molecule has 1 aromatic heterocycles. The molecule has 0 radical (unpaired) electrons. The lowest BCUT2D eigenvalue weighted by Gasteiger charge is -2.24. The van der Waals surface area contributed by atoms with Crippen LogP contribution in [0.1, 0.15) is 6.92 Å². The Hall–Kier alpha value is -2.37. The highest BCUT2D eigenvalue weighted by Gasteiger charge is 2.18. The third kappa shape index (κ3) is 2.64. The fourth-order valence-electron chi connectivity index (χ4n) is 2.00. The molecule has 0 amide bonds. The topological polar surface area (TPSA) is 50.3 Å². The summed E-state index contributed by atoms with van der Waals surface area (Å²) in [5.74, 6) is 1.54. The molecular formula is C14H17FN4O. The Labute approximate surface area is 117 Å². The Bertz CT molecular complexity index is 574. The van der Waals surface area contributed by atoms with E-state index in [4.69, 9.17) is 4.74 Å². The Morgan fingerprint density at radius 3 is 2.50 bits per heavy atom. The monoisotopic (exact) mass is 276 g/mol. The van der Waals surface area contributed by atoms with E-state index < -0.39 is 0 Å². The standard InChI is InChI=1S/C14H17FN4O/c1-4-19(11-7-5-10(15)6-8-11)14-12(20-3)13(16-2)17-9-18-14/h5-9H,4H2,1-3H3,(H,16,17,18). The van der Waals surface area contributed by atoms with Crippen molar-refractivity contribution in [2.45, 2.75) is 6.92 Å². The van der Waals surface area contributed by atoms with Gasteiger partial charge in [0.15, 0.2) is 11.6 Å². The second-order valence-electron chi connectivity index (χ2n) is 4.05. The Balaban J connectivity index is 2.49. The van der Waals surface area contributed by atoms with Gasteiger partial charge in [0, 0.05) is 19.3 Å². The number of anilines is 3. The van der Waals surface area contributed by atoms with Crippen LogP contribution in [0.3, 0.4) is 0 Å². The average Bonchev–Trinajstić information content (AvgIpc) is 2.49. The maximum atomic E-state index is 13.0. The van der Waals surface area contributed by atoms with Crippen molar-refractivity contribution in [1.29, 1.82) is 0 Å². The molecule has 2 aromatic rings. The summed E-state index contributed by atoms with van der Waals surface area (Å²) in [6.45, 7) is 2.66. The number of aromatic nitrogens is 2. The Morgan fingerprint density at radius 1 is 1.25 bits per heavy atom. The average molecular weight is 276 g/mol. The molecule has 20 heavy (non-hydrogen) atoms. The fourth-order valence-corrected chi connectivity index (χ4v) is 2.00. The molecule has 0 aliphatic heterocycles. The van der Waals surface area contributed by atoms with E-state index in [-0.39, 0.29) is 5.82 Å².